The zero-order chi connectivity index (χ0) is 11.0. The molecule has 0 aliphatic carbocycles. The number of amides is 1. The predicted molar refractivity (Wildman–Crippen MR) is 58.1 cm³/mol. The minimum Gasteiger partial charge on any atom is -0.355 e. The molecule has 0 aliphatic rings. The molecule has 1 amide bonds. The van der Waals surface area contributed by atoms with Gasteiger partial charge in [0.1, 0.15) is 5.65 Å². The first kappa shape index (κ1) is 9.71. The van der Waals surface area contributed by atoms with Crippen LogP contribution in [0, 0.1) is 13.8 Å². The Morgan fingerprint density at radius 2 is 2.13 bits per heavy atom. The molecule has 0 unspecified atom stereocenters. The van der Waals surface area contributed by atoms with Crippen molar-refractivity contribution in [3.63, 3.8) is 0 Å². The number of hydrogen-bond acceptors (Lipinski definition) is 2. The van der Waals surface area contributed by atoms with Gasteiger partial charge in [-0.3, -0.25) is 4.79 Å². The Balaban J connectivity index is 2.64. The van der Waals surface area contributed by atoms with E-state index in [4.69, 9.17) is 0 Å². The zero-order valence-corrected chi connectivity index (χ0v) is 9.03. The Hall–Kier alpha value is -1.84. The minimum absolute atomic E-state index is 0.0809. The highest BCUT2D eigenvalue weighted by Crippen LogP contribution is 2.12. The molecule has 2 heterocycles. The Bertz CT molecular complexity index is 528. The van der Waals surface area contributed by atoms with Crippen LogP contribution >= 0.6 is 0 Å². The molecule has 0 saturated carbocycles. The Labute approximate surface area is 87.9 Å². The summed E-state index contributed by atoms with van der Waals surface area (Å²) in [5.74, 6) is -0.0809. The maximum atomic E-state index is 11.4. The number of aromatic nitrogens is 2. The van der Waals surface area contributed by atoms with Gasteiger partial charge in [0, 0.05) is 18.9 Å². The van der Waals surface area contributed by atoms with Crippen molar-refractivity contribution in [2.75, 3.05) is 7.05 Å². The summed E-state index contributed by atoms with van der Waals surface area (Å²) >= 11 is 0. The van der Waals surface area contributed by atoms with E-state index in [0.29, 0.717) is 5.56 Å². The molecular formula is C11H13N3O. The van der Waals surface area contributed by atoms with Crippen LogP contribution < -0.4 is 5.32 Å². The van der Waals surface area contributed by atoms with Crippen LogP contribution in [0.4, 0.5) is 0 Å². The molecule has 0 fully saturated rings. The lowest BCUT2D eigenvalue weighted by Crippen LogP contribution is -2.18. The predicted octanol–water partition coefficient (Wildman–Crippen LogP) is 1.31. The van der Waals surface area contributed by atoms with Gasteiger partial charge < -0.3 is 9.72 Å². The van der Waals surface area contributed by atoms with Crippen LogP contribution in [0.3, 0.4) is 0 Å². The zero-order valence-electron chi connectivity index (χ0n) is 9.03. The topological polar surface area (TPSA) is 46.4 Å². The van der Waals surface area contributed by atoms with Crippen molar-refractivity contribution in [3.05, 3.63) is 35.3 Å². The van der Waals surface area contributed by atoms with E-state index in [0.717, 1.165) is 17.0 Å². The molecular weight excluding hydrogens is 190 g/mol. The van der Waals surface area contributed by atoms with Crippen molar-refractivity contribution < 1.29 is 4.79 Å². The van der Waals surface area contributed by atoms with Gasteiger partial charge in [0.2, 0.25) is 0 Å². The number of rotatable bonds is 1. The van der Waals surface area contributed by atoms with E-state index >= 15 is 0 Å². The van der Waals surface area contributed by atoms with Gasteiger partial charge in [-0.15, -0.1) is 0 Å². The molecule has 4 nitrogen and oxygen atoms in total. The van der Waals surface area contributed by atoms with Gasteiger partial charge in [-0.05, 0) is 26.0 Å². The van der Waals surface area contributed by atoms with E-state index in [-0.39, 0.29) is 5.91 Å². The van der Waals surface area contributed by atoms with Gasteiger partial charge in [0.05, 0.1) is 11.3 Å². The van der Waals surface area contributed by atoms with Crippen LogP contribution in [-0.4, -0.2) is 22.3 Å². The number of aryl methyl sites for hydroxylation is 2. The van der Waals surface area contributed by atoms with Crippen molar-refractivity contribution in [3.8, 4) is 0 Å². The summed E-state index contributed by atoms with van der Waals surface area (Å²) in [6.07, 6.45) is 1.81. The van der Waals surface area contributed by atoms with Gasteiger partial charge in [-0.2, -0.15) is 0 Å². The van der Waals surface area contributed by atoms with Crippen LogP contribution in [0.1, 0.15) is 21.7 Å². The van der Waals surface area contributed by atoms with E-state index < -0.39 is 0 Å². The van der Waals surface area contributed by atoms with Crippen molar-refractivity contribution >= 4 is 11.6 Å². The van der Waals surface area contributed by atoms with E-state index in [1.165, 1.54) is 0 Å². The summed E-state index contributed by atoms with van der Waals surface area (Å²) < 4.78 is 1.93. The second kappa shape index (κ2) is 3.38. The van der Waals surface area contributed by atoms with E-state index in [9.17, 15) is 4.79 Å². The fraction of sp³-hybridized carbons (Fsp3) is 0.273. The third-order valence-electron chi connectivity index (χ3n) is 2.58. The maximum absolute atomic E-state index is 11.4. The molecule has 15 heavy (non-hydrogen) atoms. The summed E-state index contributed by atoms with van der Waals surface area (Å²) in [4.78, 5) is 15.8. The second-order valence-corrected chi connectivity index (χ2v) is 3.51. The number of carbonyl (C=O) groups is 1. The summed E-state index contributed by atoms with van der Waals surface area (Å²) in [6, 6.07) is 3.63. The molecule has 78 valence electrons. The van der Waals surface area contributed by atoms with Gasteiger partial charge in [0.15, 0.2) is 0 Å². The molecule has 0 aromatic carbocycles. The quantitative estimate of drug-likeness (QED) is 0.759. The van der Waals surface area contributed by atoms with Gasteiger partial charge >= 0.3 is 0 Å². The monoisotopic (exact) mass is 203 g/mol. The van der Waals surface area contributed by atoms with Gasteiger partial charge in [-0.1, -0.05) is 0 Å². The summed E-state index contributed by atoms with van der Waals surface area (Å²) in [5, 5.41) is 2.60. The van der Waals surface area contributed by atoms with Crippen molar-refractivity contribution in [2.24, 2.45) is 0 Å². The summed E-state index contributed by atoms with van der Waals surface area (Å²) in [6.45, 7) is 3.95. The van der Waals surface area contributed by atoms with Crippen molar-refractivity contribution in [1.29, 1.82) is 0 Å². The average molecular weight is 203 g/mol. The lowest BCUT2D eigenvalue weighted by molar-refractivity contribution is 0.0962. The molecule has 2 rings (SSSR count). The highest BCUT2D eigenvalue weighted by Gasteiger charge is 2.07. The van der Waals surface area contributed by atoms with E-state index in [2.05, 4.69) is 10.3 Å². The smallest absolute Gasteiger partial charge is 0.252 e. The lowest BCUT2D eigenvalue weighted by Gasteiger charge is -2.01. The van der Waals surface area contributed by atoms with Crippen LogP contribution in [0.2, 0.25) is 0 Å². The average Bonchev–Trinajstić information content (AvgIpc) is 2.54. The molecule has 2 aromatic rings. The largest absolute Gasteiger partial charge is 0.355 e. The molecule has 0 atom stereocenters. The number of hydrogen-bond donors (Lipinski definition) is 1. The molecule has 2 aromatic heterocycles. The van der Waals surface area contributed by atoms with Crippen LogP contribution in [0.5, 0.6) is 0 Å². The molecule has 0 saturated heterocycles. The van der Waals surface area contributed by atoms with Gasteiger partial charge in [0.25, 0.3) is 5.91 Å². The first-order valence-electron chi connectivity index (χ1n) is 4.81. The molecule has 0 spiro atoms. The SMILES string of the molecule is CNC(=O)c1ccc2nc(C)c(C)n2c1. The Morgan fingerprint density at radius 3 is 2.80 bits per heavy atom. The standard InChI is InChI=1S/C11H13N3O/c1-7-8(2)14-6-9(11(15)12-3)4-5-10(14)13-7/h4-6H,1-3H3,(H,12,15). The molecule has 0 aliphatic heterocycles. The molecule has 0 radical (unpaired) electrons. The normalized spacial score (nSPS) is 10.6. The maximum Gasteiger partial charge on any atom is 0.252 e. The van der Waals surface area contributed by atoms with Gasteiger partial charge in [-0.25, -0.2) is 4.98 Å². The van der Waals surface area contributed by atoms with Crippen molar-refractivity contribution in [1.82, 2.24) is 14.7 Å². The summed E-state index contributed by atoms with van der Waals surface area (Å²) in [7, 11) is 1.62. The third-order valence-corrected chi connectivity index (χ3v) is 2.58. The number of nitrogens with zero attached hydrogens (tertiary/aromatic N) is 2. The van der Waals surface area contributed by atoms with Crippen LogP contribution in [-0.2, 0) is 0 Å². The number of carbonyl (C=O) groups excluding carboxylic acids is 1. The molecule has 4 heteroatoms. The third kappa shape index (κ3) is 1.48. The summed E-state index contributed by atoms with van der Waals surface area (Å²) in [5.41, 5.74) is 3.57. The fourth-order valence-electron chi connectivity index (χ4n) is 1.56. The van der Waals surface area contributed by atoms with E-state index in [1.54, 1.807) is 13.1 Å². The van der Waals surface area contributed by atoms with E-state index in [1.807, 2.05) is 30.5 Å². The molecule has 1 N–H and O–H groups in total. The highest BCUT2D eigenvalue weighted by atomic mass is 16.1. The van der Waals surface area contributed by atoms with Crippen LogP contribution in [0.25, 0.3) is 5.65 Å². The highest BCUT2D eigenvalue weighted by molar-refractivity contribution is 5.93. The molecule has 0 bridgehead atoms. The Kier molecular flexibility index (Phi) is 2.19. The van der Waals surface area contributed by atoms with Crippen molar-refractivity contribution in [2.45, 2.75) is 13.8 Å². The first-order valence-corrected chi connectivity index (χ1v) is 4.81. The first-order chi connectivity index (χ1) is 7.13. The Morgan fingerprint density at radius 1 is 1.40 bits per heavy atom. The van der Waals surface area contributed by atoms with Crippen LogP contribution in [0.15, 0.2) is 18.3 Å². The second-order valence-electron chi connectivity index (χ2n) is 3.51. The number of fused-ring (bicyclic) bond motifs is 1. The number of imidazole rings is 1. The number of pyridine rings is 1. The number of nitrogens with one attached hydrogen (secondary N) is 1. The minimum atomic E-state index is -0.0809. The fourth-order valence-corrected chi connectivity index (χ4v) is 1.56. The lowest BCUT2D eigenvalue weighted by atomic mass is 10.2.